The predicted molar refractivity (Wildman–Crippen MR) is 95.0 cm³/mol. The average molecular weight is 354 g/mol. The third-order valence-electron chi connectivity index (χ3n) is 4.04. The zero-order chi connectivity index (χ0) is 18.7. The van der Waals surface area contributed by atoms with Crippen molar-refractivity contribution in [3.8, 4) is 5.75 Å². The predicted octanol–water partition coefficient (Wildman–Crippen LogP) is 2.31. The number of nitrogens with one attached hydrogen (secondary N) is 1. The van der Waals surface area contributed by atoms with Crippen LogP contribution in [-0.2, 0) is 14.3 Å². The molecule has 2 aromatic rings. The molecular weight excluding hydrogens is 336 g/mol. The van der Waals surface area contributed by atoms with E-state index in [1.54, 1.807) is 31.2 Å². The molecule has 7 heteroatoms. The van der Waals surface area contributed by atoms with Crippen molar-refractivity contribution in [3.05, 3.63) is 54.1 Å². The molecule has 134 valence electrons. The summed E-state index contributed by atoms with van der Waals surface area (Å²) < 4.78 is 5.08. The molecule has 2 aromatic carbocycles. The number of benzene rings is 2. The number of anilines is 2. The maximum Gasteiger partial charge on any atom is 0.338 e. The zero-order valence-electron chi connectivity index (χ0n) is 14.1. The number of rotatable bonds is 3. The Bertz CT molecular complexity index is 865. The summed E-state index contributed by atoms with van der Waals surface area (Å²) in [5.74, 6) is -1.39. The molecule has 0 unspecified atom stereocenters. The molecular formula is C19H18N2O5. The smallest absolute Gasteiger partial charge is 0.338 e. The van der Waals surface area contributed by atoms with Gasteiger partial charge < -0.3 is 20.1 Å². The molecule has 1 atom stereocenters. The monoisotopic (exact) mass is 354 g/mol. The first kappa shape index (κ1) is 17.5. The average Bonchev–Trinajstić information content (AvgIpc) is 2.73. The number of carbonyl (C=O) groups is 3. The van der Waals surface area contributed by atoms with Crippen LogP contribution in [0.3, 0.4) is 0 Å². The number of para-hydroxylation sites is 2. The largest absolute Gasteiger partial charge is 0.508 e. The molecule has 0 bridgehead atoms. The van der Waals surface area contributed by atoms with E-state index in [0.717, 1.165) is 0 Å². The number of phenols is 1. The molecule has 0 saturated heterocycles. The molecule has 0 fully saturated rings. The molecule has 7 nitrogen and oxygen atoms in total. The number of carbonyl (C=O) groups excluding carboxylic acids is 3. The van der Waals surface area contributed by atoms with Gasteiger partial charge in [-0.3, -0.25) is 9.59 Å². The number of esters is 1. The lowest BCUT2D eigenvalue weighted by atomic mass is 10.1. The zero-order valence-corrected chi connectivity index (χ0v) is 14.1. The van der Waals surface area contributed by atoms with Gasteiger partial charge in [-0.15, -0.1) is 0 Å². The van der Waals surface area contributed by atoms with Crippen molar-refractivity contribution in [1.29, 1.82) is 0 Å². The van der Waals surface area contributed by atoms with E-state index in [0.29, 0.717) is 11.4 Å². The summed E-state index contributed by atoms with van der Waals surface area (Å²) in [5.41, 5.74) is 1.25. The highest BCUT2D eigenvalue weighted by atomic mass is 16.5. The minimum Gasteiger partial charge on any atom is -0.508 e. The number of amides is 2. The second kappa shape index (κ2) is 7.26. The summed E-state index contributed by atoms with van der Waals surface area (Å²) in [7, 11) is 0. The van der Waals surface area contributed by atoms with Crippen LogP contribution in [-0.4, -0.2) is 35.5 Å². The number of aromatic hydroxyl groups is 1. The van der Waals surface area contributed by atoms with E-state index >= 15 is 0 Å². The van der Waals surface area contributed by atoms with Gasteiger partial charge in [-0.1, -0.05) is 18.2 Å². The van der Waals surface area contributed by atoms with Gasteiger partial charge in [-0.05, 0) is 37.3 Å². The highest BCUT2D eigenvalue weighted by Crippen LogP contribution is 2.31. The van der Waals surface area contributed by atoms with Crippen LogP contribution in [0.4, 0.5) is 11.4 Å². The highest BCUT2D eigenvalue weighted by Gasteiger charge is 2.30. The molecule has 3 rings (SSSR count). The number of nitrogens with zero attached hydrogens (tertiary/aromatic N) is 1. The fourth-order valence-electron chi connectivity index (χ4n) is 2.88. The fraction of sp³-hybridized carbons (Fsp3) is 0.211. The van der Waals surface area contributed by atoms with Crippen LogP contribution >= 0.6 is 0 Å². The molecule has 0 spiro atoms. The van der Waals surface area contributed by atoms with Crippen molar-refractivity contribution in [2.24, 2.45) is 0 Å². The molecule has 1 heterocycles. The van der Waals surface area contributed by atoms with E-state index in [1.807, 2.05) is 0 Å². The van der Waals surface area contributed by atoms with Crippen LogP contribution in [0.2, 0.25) is 0 Å². The van der Waals surface area contributed by atoms with Crippen LogP contribution < -0.4 is 10.2 Å². The number of phenolic OH excluding ortho intramolecular Hbond substituents is 1. The minimum absolute atomic E-state index is 0.0644. The van der Waals surface area contributed by atoms with Crippen LogP contribution in [0.15, 0.2) is 48.5 Å². The maximum atomic E-state index is 12.7. The lowest BCUT2D eigenvalue weighted by Crippen LogP contribution is -2.41. The Kier molecular flexibility index (Phi) is 4.88. The van der Waals surface area contributed by atoms with Gasteiger partial charge in [-0.25, -0.2) is 4.79 Å². The molecule has 0 aliphatic carbocycles. The number of hydrogen-bond acceptors (Lipinski definition) is 5. The van der Waals surface area contributed by atoms with E-state index in [4.69, 9.17) is 4.74 Å². The van der Waals surface area contributed by atoms with E-state index in [1.165, 1.54) is 29.2 Å². The summed E-state index contributed by atoms with van der Waals surface area (Å²) in [6.45, 7) is 1.29. The summed E-state index contributed by atoms with van der Waals surface area (Å²) in [6, 6.07) is 12.3. The van der Waals surface area contributed by atoms with Crippen molar-refractivity contribution >= 4 is 29.2 Å². The molecule has 0 radical (unpaired) electrons. The molecule has 26 heavy (non-hydrogen) atoms. The van der Waals surface area contributed by atoms with E-state index in [-0.39, 0.29) is 29.7 Å². The summed E-state index contributed by atoms with van der Waals surface area (Å²) >= 11 is 0. The van der Waals surface area contributed by atoms with Crippen molar-refractivity contribution < 1.29 is 24.2 Å². The normalized spacial score (nSPS) is 16.3. The van der Waals surface area contributed by atoms with Gasteiger partial charge in [0.15, 0.2) is 6.61 Å². The second-order valence-corrected chi connectivity index (χ2v) is 6.01. The lowest BCUT2D eigenvalue weighted by molar-refractivity contribution is -0.122. The van der Waals surface area contributed by atoms with Crippen LogP contribution in [0, 0.1) is 0 Å². The van der Waals surface area contributed by atoms with Crippen LogP contribution in [0.25, 0.3) is 0 Å². The van der Waals surface area contributed by atoms with Gasteiger partial charge in [0, 0.05) is 12.5 Å². The molecule has 2 N–H and O–H groups in total. The van der Waals surface area contributed by atoms with E-state index < -0.39 is 18.5 Å². The van der Waals surface area contributed by atoms with E-state index in [9.17, 15) is 19.5 Å². The maximum absolute atomic E-state index is 12.7. The van der Waals surface area contributed by atoms with Gasteiger partial charge in [0.2, 0.25) is 5.91 Å². The van der Waals surface area contributed by atoms with Gasteiger partial charge in [0.05, 0.1) is 16.9 Å². The quantitative estimate of drug-likeness (QED) is 0.825. The summed E-state index contributed by atoms with van der Waals surface area (Å²) in [6.07, 6.45) is 0.140. The Morgan fingerprint density at radius 3 is 2.77 bits per heavy atom. The lowest BCUT2D eigenvalue weighted by Gasteiger charge is -2.27. The third-order valence-corrected chi connectivity index (χ3v) is 4.04. The molecule has 1 aliphatic heterocycles. The number of hydrogen-bond donors (Lipinski definition) is 2. The Hall–Kier alpha value is -3.35. The fourth-order valence-corrected chi connectivity index (χ4v) is 2.88. The Labute approximate surface area is 150 Å². The number of ether oxygens (including phenoxy) is 1. The Morgan fingerprint density at radius 1 is 1.23 bits per heavy atom. The molecule has 2 amide bonds. The van der Waals surface area contributed by atoms with Crippen LogP contribution in [0.1, 0.15) is 23.7 Å². The van der Waals surface area contributed by atoms with Crippen LogP contribution in [0.5, 0.6) is 5.75 Å². The summed E-state index contributed by atoms with van der Waals surface area (Å²) in [5, 5.41) is 12.2. The van der Waals surface area contributed by atoms with Gasteiger partial charge in [0.1, 0.15) is 5.75 Å². The van der Waals surface area contributed by atoms with Gasteiger partial charge >= 0.3 is 5.97 Å². The molecule has 1 aliphatic rings. The Morgan fingerprint density at radius 2 is 2.00 bits per heavy atom. The van der Waals surface area contributed by atoms with Crippen molar-refractivity contribution in [1.82, 2.24) is 0 Å². The van der Waals surface area contributed by atoms with Gasteiger partial charge in [0.25, 0.3) is 5.91 Å². The van der Waals surface area contributed by atoms with E-state index in [2.05, 4.69) is 5.32 Å². The first-order valence-corrected chi connectivity index (χ1v) is 8.13. The molecule has 0 saturated carbocycles. The minimum atomic E-state index is -0.709. The molecule has 0 aromatic heterocycles. The van der Waals surface area contributed by atoms with Crippen molar-refractivity contribution in [2.75, 3.05) is 16.8 Å². The third kappa shape index (κ3) is 3.66. The first-order valence-electron chi connectivity index (χ1n) is 8.13. The summed E-state index contributed by atoms with van der Waals surface area (Å²) in [4.78, 5) is 38.2. The second-order valence-electron chi connectivity index (χ2n) is 6.01. The standard InChI is InChI=1S/C19H18N2O5/c1-12-9-17(23)20-15-7-2-3-8-16(15)21(12)18(24)11-26-19(25)13-5-4-6-14(22)10-13/h2-8,10,12,22H,9,11H2,1H3,(H,20,23)/t12-/m0/s1. The van der Waals surface area contributed by atoms with Gasteiger partial charge in [-0.2, -0.15) is 0 Å². The topological polar surface area (TPSA) is 95.9 Å². The highest BCUT2D eigenvalue weighted by molar-refractivity contribution is 6.05. The first-order chi connectivity index (χ1) is 12.5. The number of fused-ring (bicyclic) bond motifs is 1. The van der Waals surface area contributed by atoms with Crippen molar-refractivity contribution in [2.45, 2.75) is 19.4 Å². The van der Waals surface area contributed by atoms with Crippen molar-refractivity contribution in [3.63, 3.8) is 0 Å². The Balaban J connectivity index is 1.76. The SMILES string of the molecule is C[C@H]1CC(=O)Nc2ccccc2N1C(=O)COC(=O)c1cccc(O)c1.